The molecule has 2 saturated heterocycles. The van der Waals surface area contributed by atoms with Gasteiger partial charge in [-0.05, 0) is 56.5 Å². The van der Waals surface area contributed by atoms with Gasteiger partial charge < -0.3 is 9.64 Å². The molecule has 1 aromatic rings. The first-order chi connectivity index (χ1) is 14.7. The van der Waals surface area contributed by atoms with E-state index in [0.29, 0.717) is 24.6 Å². The number of carbonyl (C=O) groups is 3. The van der Waals surface area contributed by atoms with Crippen molar-refractivity contribution in [2.75, 3.05) is 13.1 Å². The fourth-order valence-electron chi connectivity index (χ4n) is 4.79. The molecule has 0 bridgehead atoms. The van der Waals surface area contributed by atoms with Crippen LogP contribution in [0.5, 0.6) is 5.75 Å². The molecule has 31 heavy (non-hydrogen) atoms. The van der Waals surface area contributed by atoms with Crippen molar-refractivity contribution in [1.29, 1.82) is 0 Å². The molecule has 0 radical (unpaired) electrons. The number of carbonyl (C=O) groups excluding carboxylic acids is 3. The predicted molar refractivity (Wildman–Crippen MR) is 117 cm³/mol. The normalized spacial score (nSPS) is 27.1. The first kappa shape index (κ1) is 21.8. The van der Waals surface area contributed by atoms with Crippen LogP contribution in [-0.4, -0.2) is 58.8 Å². The summed E-state index contributed by atoms with van der Waals surface area (Å²) in [6.07, 6.45) is 2.89. The van der Waals surface area contributed by atoms with Crippen molar-refractivity contribution < 1.29 is 19.1 Å². The summed E-state index contributed by atoms with van der Waals surface area (Å²) in [6, 6.07) is 5.55. The van der Waals surface area contributed by atoms with E-state index < -0.39 is 6.04 Å². The van der Waals surface area contributed by atoms with Gasteiger partial charge in [0.15, 0.2) is 0 Å². The molecule has 0 spiro atoms. The Bertz CT molecular complexity index is 897. The van der Waals surface area contributed by atoms with Gasteiger partial charge in [0, 0.05) is 36.5 Å². The van der Waals surface area contributed by atoms with Crippen LogP contribution in [0.3, 0.4) is 0 Å². The van der Waals surface area contributed by atoms with Gasteiger partial charge in [-0.3, -0.25) is 24.6 Å². The number of fused-ring (bicyclic) bond motifs is 1. The number of benzene rings is 1. The number of nitrogens with one attached hydrogen (secondary N) is 1. The van der Waals surface area contributed by atoms with Crippen molar-refractivity contribution in [3.8, 4) is 5.75 Å². The smallest absolute Gasteiger partial charge is 0.255 e. The van der Waals surface area contributed by atoms with Gasteiger partial charge in [-0.15, -0.1) is 0 Å². The van der Waals surface area contributed by atoms with Crippen molar-refractivity contribution in [3.63, 3.8) is 0 Å². The van der Waals surface area contributed by atoms with E-state index in [-0.39, 0.29) is 35.7 Å². The topological polar surface area (TPSA) is 79.0 Å². The van der Waals surface area contributed by atoms with Gasteiger partial charge in [0.2, 0.25) is 11.8 Å². The van der Waals surface area contributed by atoms with Crippen molar-refractivity contribution >= 4 is 17.7 Å². The monoisotopic (exact) mass is 427 g/mol. The van der Waals surface area contributed by atoms with Gasteiger partial charge in [0.25, 0.3) is 5.91 Å². The Morgan fingerprint density at radius 2 is 2.03 bits per heavy atom. The maximum Gasteiger partial charge on any atom is 0.255 e. The molecular formula is C24H33N3O4. The molecule has 3 aliphatic rings. The number of amides is 3. The Balaban J connectivity index is 1.49. The number of piperidine rings is 2. The molecule has 7 heteroatoms. The van der Waals surface area contributed by atoms with Gasteiger partial charge in [-0.1, -0.05) is 20.8 Å². The Kier molecular flexibility index (Phi) is 5.81. The highest BCUT2D eigenvalue weighted by atomic mass is 16.5. The fourth-order valence-corrected chi connectivity index (χ4v) is 4.79. The summed E-state index contributed by atoms with van der Waals surface area (Å²) < 4.78 is 6.48. The zero-order valence-corrected chi connectivity index (χ0v) is 18.9. The SMILES string of the molecule is CC[C@H](C)N1CCC(C)(C)[C@H](Oc2ccc3c(c2)CN(C2CCC(=O)NC2=O)C3=O)C1. The number of hydrogen-bond donors (Lipinski definition) is 1. The second kappa shape index (κ2) is 8.26. The highest BCUT2D eigenvalue weighted by Crippen LogP contribution is 2.36. The minimum Gasteiger partial charge on any atom is -0.489 e. The minimum atomic E-state index is -0.594. The highest BCUT2D eigenvalue weighted by Gasteiger charge is 2.40. The van der Waals surface area contributed by atoms with Crippen LogP contribution < -0.4 is 10.1 Å². The van der Waals surface area contributed by atoms with E-state index in [1.165, 1.54) is 0 Å². The average Bonchev–Trinajstić information content (AvgIpc) is 3.04. The Morgan fingerprint density at radius 3 is 2.74 bits per heavy atom. The molecule has 4 rings (SSSR count). The Morgan fingerprint density at radius 1 is 1.26 bits per heavy atom. The molecule has 3 aliphatic heterocycles. The summed E-state index contributed by atoms with van der Waals surface area (Å²) >= 11 is 0. The van der Waals surface area contributed by atoms with Crippen LogP contribution in [0.25, 0.3) is 0 Å². The molecule has 7 nitrogen and oxygen atoms in total. The first-order valence-electron chi connectivity index (χ1n) is 11.4. The van der Waals surface area contributed by atoms with Crippen molar-refractivity contribution in [2.45, 2.75) is 78.1 Å². The van der Waals surface area contributed by atoms with Gasteiger partial charge in [0.1, 0.15) is 17.9 Å². The number of likely N-dealkylation sites (tertiary alicyclic amines) is 1. The maximum atomic E-state index is 12.9. The zero-order chi connectivity index (χ0) is 22.3. The molecule has 1 N–H and O–H groups in total. The lowest BCUT2D eigenvalue weighted by molar-refractivity contribution is -0.136. The molecule has 3 heterocycles. The molecule has 0 saturated carbocycles. The average molecular weight is 428 g/mol. The highest BCUT2D eigenvalue weighted by molar-refractivity contribution is 6.05. The number of hydrogen-bond acceptors (Lipinski definition) is 5. The lowest BCUT2D eigenvalue weighted by atomic mass is 9.79. The lowest BCUT2D eigenvalue weighted by Gasteiger charge is -2.45. The van der Waals surface area contributed by atoms with Crippen LogP contribution in [0.15, 0.2) is 18.2 Å². The van der Waals surface area contributed by atoms with E-state index >= 15 is 0 Å². The molecule has 2 fully saturated rings. The summed E-state index contributed by atoms with van der Waals surface area (Å²) in [6.45, 7) is 11.3. The van der Waals surface area contributed by atoms with Crippen molar-refractivity contribution in [2.24, 2.45) is 5.41 Å². The summed E-state index contributed by atoms with van der Waals surface area (Å²) in [5.74, 6) is -0.0525. The Labute approximate surface area is 184 Å². The standard InChI is InChI=1S/C24H33N3O4/c1-5-15(2)26-11-10-24(3,4)20(14-26)31-17-6-7-18-16(12-17)13-27(23(18)30)19-8-9-21(28)25-22(19)29/h6-7,12,15,19-20H,5,8-11,13-14H2,1-4H3,(H,25,28,29)/t15-,19?,20+/m0/s1. The van der Waals surface area contributed by atoms with Crippen LogP contribution in [-0.2, 0) is 16.1 Å². The second-order valence-corrected chi connectivity index (χ2v) is 9.82. The third-order valence-electron chi connectivity index (χ3n) is 7.30. The van der Waals surface area contributed by atoms with Gasteiger partial charge in [-0.25, -0.2) is 0 Å². The third kappa shape index (κ3) is 4.20. The van der Waals surface area contributed by atoms with E-state index in [9.17, 15) is 14.4 Å². The summed E-state index contributed by atoms with van der Waals surface area (Å²) in [7, 11) is 0. The molecule has 0 aromatic heterocycles. The second-order valence-electron chi connectivity index (χ2n) is 9.82. The van der Waals surface area contributed by atoms with E-state index in [2.05, 4.69) is 37.9 Å². The summed E-state index contributed by atoms with van der Waals surface area (Å²) in [4.78, 5) is 40.7. The number of imide groups is 1. The maximum absolute atomic E-state index is 12.9. The number of rotatable bonds is 5. The largest absolute Gasteiger partial charge is 0.489 e. The predicted octanol–water partition coefficient (Wildman–Crippen LogP) is 2.73. The molecule has 3 atom stereocenters. The molecule has 168 valence electrons. The van der Waals surface area contributed by atoms with Crippen LogP contribution in [0, 0.1) is 5.41 Å². The summed E-state index contributed by atoms with van der Waals surface area (Å²) in [5, 5.41) is 2.35. The molecule has 0 aliphatic carbocycles. The van der Waals surface area contributed by atoms with E-state index in [1.54, 1.807) is 11.0 Å². The minimum absolute atomic E-state index is 0.0663. The number of ether oxygens (including phenoxy) is 1. The van der Waals surface area contributed by atoms with Gasteiger partial charge >= 0.3 is 0 Å². The zero-order valence-electron chi connectivity index (χ0n) is 18.9. The molecule has 1 unspecified atom stereocenters. The molecular weight excluding hydrogens is 394 g/mol. The van der Waals surface area contributed by atoms with Crippen molar-refractivity contribution in [3.05, 3.63) is 29.3 Å². The van der Waals surface area contributed by atoms with E-state index in [1.807, 2.05) is 12.1 Å². The molecule has 3 amide bonds. The quantitative estimate of drug-likeness (QED) is 0.731. The van der Waals surface area contributed by atoms with Crippen LogP contribution in [0.2, 0.25) is 0 Å². The van der Waals surface area contributed by atoms with Crippen LogP contribution in [0.1, 0.15) is 69.3 Å². The van der Waals surface area contributed by atoms with Gasteiger partial charge in [-0.2, -0.15) is 0 Å². The lowest BCUT2D eigenvalue weighted by Crippen LogP contribution is -2.53. The van der Waals surface area contributed by atoms with Crippen LogP contribution >= 0.6 is 0 Å². The third-order valence-corrected chi connectivity index (χ3v) is 7.30. The summed E-state index contributed by atoms with van der Waals surface area (Å²) in [5.41, 5.74) is 1.55. The van der Waals surface area contributed by atoms with Crippen molar-refractivity contribution in [1.82, 2.24) is 15.1 Å². The first-order valence-corrected chi connectivity index (χ1v) is 11.4. The van der Waals surface area contributed by atoms with Crippen LogP contribution in [0.4, 0.5) is 0 Å². The van der Waals surface area contributed by atoms with Gasteiger partial charge in [0.05, 0.1) is 0 Å². The fraction of sp³-hybridized carbons (Fsp3) is 0.625. The number of nitrogens with zero attached hydrogens (tertiary/aromatic N) is 2. The van der Waals surface area contributed by atoms with E-state index in [4.69, 9.17) is 4.74 Å². The molecule has 1 aromatic carbocycles. The Hall–Kier alpha value is -2.41. The van der Waals surface area contributed by atoms with E-state index in [0.717, 1.165) is 37.2 Å².